The Labute approximate surface area is 106 Å². The van der Waals surface area contributed by atoms with Crippen molar-refractivity contribution < 1.29 is 0 Å². The molecule has 1 saturated carbocycles. The Morgan fingerprint density at radius 1 is 1.25 bits per heavy atom. The second-order valence-corrected chi connectivity index (χ2v) is 5.78. The van der Waals surface area contributed by atoms with Gasteiger partial charge in [0.05, 0.1) is 5.69 Å². The number of nitrogens with zero attached hydrogens (tertiary/aromatic N) is 1. The summed E-state index contributed by atoms with van der Waals surface area (Å²) in [4.78, 5) is 2.12. The molecule has 0 saturated heterocycles. The van der Waals surface area contributed by atoms with Gasteiger partial charge in [-0.05, 0) is 46.5 Å². The van der Waals surface area contributed by atoms with Crippen LogP contribution in [0.25, 0.3) is 0 Å². The molecule has 0 aromatic heterocycles. The summed E-state index contributed by atoms with van der Waals surface area (Å²) in [6.45, 7) is 0. The first-order valence-electron chi connectivity index (χ1n) is 5.79. The maximum atomic E-state index is 6.47. The van der Waals surface area contributed by atoms with E-state index in [1.807, 2.05) is 0 Å². The Morgan fingerprint density at radius 2 is 1.88 bits per heavy atom. The standard InChI is InChI=1S/C13H19BrN2/c1-16(2)12-9-10(5-6-11(12)14)13(15)7-3-4-8-13/h5-6,9H,3-4,7-8,15H2,1-2H3. The number of anilines is 1. The Balaban J connectivity index is 2.39. The first kappa shape index (κ1) is 11.9. The second-order valence-electron chi connectivity index (χ2n) is 4.92. The van der Waals surface area contributed by atoms with Crippen LogP contribution < -0.4 is 10.6 Å². The SMILES string of the molecule is CN(C)c1cc(C2(N)CCCC2)ccc1Br. The van der Waals surface area contributed by atoms with Crippen LogP contribution in [0.15, 0.2) is 22.7 Å². The van der Waals surface area contributed by atoms with E-state index in [2.05, 4.69) is 53.1 Å². The van der Waals surface area contributed by atoms with Crippen LogP contribution in [-0.4, -0.2) is 14.1 Å². The summed E-state index contributed by atoms with van der Waals surface area (Å²) in [5.74, 6) is 0. The second kappa shape index (κ2) is 4.38. The maximum Gasteiger partial charge on any atom is 0.0508 e. The molecule has 0 heterocycles. The Morgan fingerprint density at radius 3 is 2.44 bits per heavy atom. The van der Waals surface area contributed by atoms with E-state index in [4.69, 9.17) is 5.73 Å². The summed E-state index contributed by atoms with van der Waals surface area (Å²) in [6.07, 6.45) is 4.73. The molecule has 88 valence electrons. The van der Waals surface area contributed by atoms with Gasteiger partial charge in [-0.3, -0.25) is 0 Å². The van der Waals surface area contributed by atoms with Gasteiger partial charge in [0.25, 0.3) is 0 Å². The van der Waals surface area contributed by atoms with E-state index in [0.29, 0.717) is 0 Å². The molecule has 3 heteroatoms. The van der Waals surface area contributed by atoms with E-state index in [9.17, 15) is 0 Å². The first-order chi connectivity index (χ1) is 7.53. The van der Waals surface area contributed by atoms with Crippen LogP contribution in [0, 0.1) is 0 Å². The average Bonchev–Trinajstić information content (AvgIpc) is 2.66. The molecule has 1 aliphatic carbocycles. The van der Waals surface area contributed by atoms with Crippen LogP contribution in [0.2, 0.25) is 0 Å². The van der Waals surface area contributed by atoms with Gasteiger partial charge in [0.15, 0.2) is 0 Å². The molecule has 0 aliphatic heterocycles. The zero-order valence-corrected chi connectivity index (χ0v) is 11.5. The van der Waals surface area contributed by atoms with Gasteiger partial charge in [-0.15, -0.1) is 0 Å². The fraction of sp³-hybridized carbons (Fsp3) is 0.538. The lowest BCUT2D eigenvalue weighted by Crippen LogP contribution is -2.33. The van der Waals surface area contributed by atoms with Crippen LogP contribution in [0.1, 0.15) is 31.2 Å². The number of nitrogens with two attached hydrogens (primary N) is 1. The minimum Gasteiger partial charge on any atom is -0.377 e. The highest BCUT2D eigenvalue weighted by atomic mass is 79.9. The highest BCUT2D eigenvalue weighted by Gasteiger charge is 2.31. The zero-order valence-electron chi connectivity index (χ0n) is 9.96. The number of hydrogen-bond donors (Lipinski definition) is 1. The molecule has 16 heavy (non-hydrogen) atoms. The van der Waals surface area contributed by atoms with Gasteiger partial charge >= 0.3 is 0 Å². The lowest BCUT2D eigenvalue weighted by molar-refractivity contribution is 0.462. The minimum absolute atomic E-state index is 0.0918. The van der Waals surface area contributed by atoms with Gasteiger partial charge in [0, 0.05) is 24.1 Å². The molecule has 1 aromatic rings. The van der Waals surface area contributed by atoms with E-state index < -0.39 is 0 Å². The summed E-state index contributed by atoms with van der Waals surface area (Å²) in [7, 11) is 4.11. The van der Waals surface area contributed by atoms with Crippen molar-refractivity contribution in [2.24, 2.45) is 5.73 Å². The Hall–Kier alpha value is -0.540. The van der Waals surface area contributed by atoms with Crippen molar-refractivity contribution in [2.45, 2.75) is 31.2 Å². The Kier molecular flexibility index (Phi) is 3.27. The number of rotatable bonds is 2. The van der Waals surface area contributed by atoms with Crippen molar-refractivity contribution in [3.05, 3.63) is 28.2 Å². The molecular formula is C13H19BrN2. The van der Waals surface area contributed by atoms with Crippen molar-refractivity contribution in [2.75, 3.05) is 19.0 Å². The van der Waals surface area contributed by atoms with Crippen molar-refractivity contribution in [3.8, 4) is 0 Å². The van der Waals surface area contributed by atoms with Gasteiger partial charge < -0.3 is 10.6 Å². The molecule has 2 nitrogen and oxygen atoms in total. The van der Waals surface area contributed by atoms with Crippen molar-refractivity contribution in [1.29, 1.82) is 0 Å². The topological polar surface area (TPSA) is 29.3 Å². The van der Waals surface area contributed by atoms with E-state index in [1.165, 1.54) is 24.1 Å². The average molecular weight is 283 g/mol. The van der Waals surface area contributed by atoms with E-state index >= 15 is 0 Å². The van der Waals surface area contributed by atoms with Crippen LogP contribution >= 0.6 is 15.9 Å². The molecule has 0 unspecified atom stereocenters. The third-order valence-corrected chi connectivity index (χ3v) is 4.17. The van der Waals surface area contributed by atoms with Crippen LogP contribution in [0.3, 0.4) is 0 Å². The fourth-order valence-corrected chi connectivity index (χ4v) is 3.06. The Bertz CT molecular complexity index is 382. The molecule has 2 rings (SSSR count). The molecule has 0 amide bonds. The van der Waals surface area contributed by atoms with Crippen molar-refractivity contribution in [1.82, 2.24) is 0 Å². The number of hydrogen-bond acceptors (Lipinski definition) is 2. The highest BCUT2D eigenvalue weighted by Crippen LogP contribution is 2.38. The lowest BCUT2D eigenvalue weighted by atomic mass is 9.89. The lowest BCUT2D eigenvalue weighted by Gasteiger charge is -2.26. The normalized spacial score (nSPS) is 18.8. The van der Waals surface area contributed by atoms with Crippen molar-refractivity contribution >= 4 is 21.6 Å². The molecule has 2 N–H and O–H groups in total. The molecular weight excluding hydrogens is 264 g/mol. The predicted octanol–water partition coefficient (Wildman–Crippen LogP) is 3.24. The summed E-state index contributed by atoms with van der Waals surface area (Å²) in [5.41, 5.74) is 8.85. The van der Waals surface area contributed by atoms with E-state index in [1.54, 1.807) is 0 Å². The first-order valence-corrected chi connectivity index (χ1v) is 6.58. The smallest absolute Gasteiger partial charge is 0.0508 e. The minimum atomic E-state index is -0.0918. The van der Waals surface area contributed by atoms with Gasteiger partial charge in [0.1, 0.15) is 0 Å². The largest absolute Gasteiger partial charge is 0.377 e. The zero-order chi connectivity index (χ0) is 11.8. The highest BCUT2D eigenvalue weighted by molar-refractivity contribution is 9.10. The van der Waals surface area contributed by atoms with Crippen LogP contribution in [0.4, 0.5) is 5.69 Å². The van der Waals surface area contributed by atoms with Gasteiger partial charge in [-0.1, -0.05) is 18.9 Å². The fourth-order valence-electron chi connectivity index (χ4n) is 2.46. The van der Waals surface area contributed by atoms with Gasteiger partial charge in [-0.2, -0.15) is 0 Å². The summed E-state index contributed by atoms with van der Waals surface area (Å²) >= 11 is 3.57. The van der Waals surface area contributed by atoms with E-state index in [-0.39, 0.29) is 5.54 Å². The van der Waals surface area contributed by atoms with Gasteiger partial charge in [0.2, 0.25) is 0 Å². The van der Waals surface area contributed by atoms with Crippen LogP contribution in [-0.2, 0) is 5.54 Å². The quantitative estimate of drug-likeness (QED) is 0.902. The van der Waals surface area contributed by atoms with E-state index in [0.717, 1.165) is 17.3 Å². The summed E-state index contributed by atoms with van der Waals surface area (Å²) in [6, 6.07) is 6.48. The van der Waals surface area contributed by atoms with Crippen molar-refractivity contribution in [3.63, 3.8) is 0 Å². The molecule has 0 atom stereocenters. The van der Waals surface area contributed by atoms with Gasteiger partial charge in [-0.25, -0.2) is 0 Å². The molecule has 0 bridgehead atoms. The molecule has 0 spiro atoms. The monoisotopic (exact) mass is 282 g/mol. The third kappa shape index (κ3) is 2.11. The molecule has 0 radical (unpaired) electrons. The molecule has 1 fully saturated rings. The third-order valence-electron chi connectivity index (χ3n) is 3.50. The maximum absolute atomic E-state index is 6.47. The molecule has 1 aromatic carbocycles. The summed E-state index contributed by atoms with van der Waals surface area (Å²) in [5, 5.41) is 0. The van der Waals surface area contributed by atoms with Crippen LogP contribution in [0.5, 0.6) is 0 Å². The summed E-state index contributed by atoms with van der Waals surface area (Å²) < 4.78 is 1.13. The number of halogens is 1. The number of benzene rings is 1. The molecule has 1 aliphatic rings. The predicted molar refractivity (Wildman–Crippen MR) is 72.8 cm³/mol.